The highest BCUT2D eigenvalue weighted by Gasteiger charge is 2.16. The molecule has 0 aliphatic rings. The predicted molar refractivity (Wildman–Crippen MR) is 86.1 cm³/mol. The van der Waals surface area contributed by atoms with Gasteiger partial charge in [-0.3, -0.25) is 4.57 Å². The summed E-state index contributed by atoms with van der Waals surface area (Å²) >= 11 is 12.1. The minimum atomic E-state index is 0.293. The van der Waals surface area contributed by atoms with E-state index in [0.29, 0.717) is 16.7 Å². The fourth-order valence-electron chi connectivity index (χ4n) is 2.26. The lowest BCUT2D eigenvalue weighted by atomic mass is 10.1. The van der Waals surface area contributed by atoms with Crippen LogP contribution in [0.3, 0.4) is 0 Å². The Labute approximate surface area is 133 Å². The van der Waals surface area contributed by atoms with Crippen molar-refractivity contribution in [3.05, 3.63) is 64.9 Å². The molecule has 0 atom stereocenters. The van der Waals surface area contributed by atoms with Crippen molar-refractivity contribution in [1.29, 1.82) is 0 Å². The lowest BCUT2D eigenvalue weighted by Gasteiger charge is -2.11. The van der Waals surface area contributed by atoms with Crippen molar-refractivity contribution in [2.24, 2.45) is 0 Å². The number of aryl methyl sites for hydroxylation is 1. The van der Waals surface area contributed by atoms with E-state index in [4.69, 9.17) is 23.2 Å². The van der Waals surface area contributed by atoms with E-state index in [0.717, 1.165) is 22.6 Å². The number of benzene rings is 2. The first-order valence-corrected chi connectivity index (χ1v) is 7.44. The van der Waals surface area contributed by atoms with Gasteiger partial charge in [0.2, 0.25) is 0 Å². The van der Waals surface area contributed by atoms with E-state index in [1.807, 2.05) is 60.0 Å². The number of halogens is 2. The summed E-state index contributed by atoms with van der Waals surface area (Å²) in [5, 5.41) is 9.17. The molecule has 1 aromatic heterocycles. The largest absolute Gasteiger partial charge is 0.278 e. The number of hydrogen-bond donors (Lipinski definition) is 0. The molecule has 0 spiro atoms. The third kappa shape index (κ3) is 2.67. The summed E-state index contributed by atoms with van der Waals surface area (Å²) in [5.41, 5.74) is 3.02. The van der Waals surface area contributed by atoms with Gasteiger partial charge >= 0.3 is 0 Å². The number of aromatic nitrogens is 3. The molecule has 0 amide bonds. The standard InChI is InChI=1S/C16H13Cl2N3/c1-11-7-8-12(18)9-14(11)16-20-19-15(10-17)21(16)13-5-3-2-4-6-13/h2-9H,10H2,1H3. The Hall–Kier alpha value is -1.84. The van der Waals surface area contributed by atoms with Gasteiger partial charge in [-0.2, -0.15) is 0 Å². The minimum absolute atomic E-state index is 0.293. The Morgan fingerprint density at radius 2 is 1.81 bits per heavy atom. The quantitative estimate of drug-likeness (QED) is 0.659. The third-order valence-corrected chi connectivity index (χ3v) is 3.78. The number of nitrogens with zero attached hydrogens (tertiary/aromatic N) is 3. The second-order valence-electron chi connectivity index (χ2n) is 4.70. The van der Waals surface area contributed by atoms with Crippen LogP contribution in [0.4, 0.5) is 0 Å². The molecule has 3 nitrogen and oxygen atoms in total. The molecular weight excluding hydrogens is 305 g/mol. The van der Waals surface area contributed by atoms with Crippen molar-refractivity contribution >= 4 is 23.2 Å². The van der Waals surface area contributed by atoms with E-state index in [2.05, 4.69) is 10.2 Å². The Morgan fingerprint density at radius 1 is 1.05 bits per heavy atom. The SMILES string of the molecule is Cc1ccc(Cl)cc1-c1nnc(CCl)n1-c1ccccc1. The fourth-order valence-corrected chi connectivity index (χ4v) is 2.61. The van der Waals surface area contributed by atoms with Gasteiger partial charge in [-0.1, -0.05) is 35.9 Å². The van der Waals surface area contributed by atoms with Crippen molar-refractivity contribution in [3.63, 3.8) is 0 Å². The Bertz CT molecular complexity index is 766. The molecule has 3 aromatic rings. The Morgan fingerprint density at radius 3 is 2.52 bits per heavy atom. The molecule has 0 unspecified atom stereocenters. The molecule has 0 fully saturated rings. The molecule has 0 saturated heterocycles. The second-order valence-corrected chi connectivity index (χ2v) is 5.41. The van der Waals surface area contributed by atoms with Crippen LogP contribution in [0, 0.1) is 6.92 Å². The first kappa shape index (κ1) is 14.1. The van der Waals surface area contributed by atoms with Crippen LogP contribution in [0.5, 0.6) is 0 Å². The zero-order chi connectivity index (χ0) is 14.8. The van der Waals surface area contributed by atoms with Crippen LogP contribution >= 0.6 is 23.2 Å². The van der Waals surface area contributed by atoms with Crippen molar-refractivity contribution in [1.82, 2.24) is 14.8 Å². The molecule has 3 rings (SSSR count). The molecule has 0 aliphatic carbocycles. The van der Waals surface area contributed by atoms with Crippen LogP contribution in [-0.2, 0) is 5.88 Å². The topological polar surface area (TPSA) is 30.7 Å². The summed E-state index contributed by atoms with van der Waals surface area (Å²) in [4.78, 5) is 0. The van der Waals surface area contributed by atoms with Crippen LogP contribution in [-0.4, -0.2) is 14.8 Å². The van der Waals surface area contributed by atoms with Gasteiger partial charge in [0, 0.05) is 16.3 Å². The van der Waals surface area contributed by atoms with Crippen molar-refractivity contribution in [2.75, 3.05) is 0 Å². The van der Waals surface area contributed by atoms with Crippen LogP contribution in [0.2, 0.25) is 5.02 Å². The Balaban J connectivity index is 2.25. The molecule has 0 N–H and O–H groups in total. The van der Waals surface area contributed by atoms with Gasteiger partial charge in [-0.05, 0) is 36.8 Å². The highest BCUT2D eigenvalue weighted by atomic mass is 35.5. The zero-order valence-electron chi connectivity index (χ0n) is 11.4. The summed E-state index contributed by atoms with van der Waals surface area (Å²) in [7, 11) is 0. The normalized spacial score (nSPS) is 10.8. The maximum Gasteiger partial charge on any atom is 0.168 e. The molecule has 0 aliphatic heterocycles. The van der Waals surface area contributed by atoms with Crippen molar-refractivity contribution in [2.45, 2.75) is 12.8 Å². The van der Waals surface area contributed by atoms with E-state index < -0.39 is 0 Å². The summed E-state index contributed by atoms with van der Waals surface area (Å²) in [6, 6.07) is 15.7. The molecule has 1 heterocycles. The van der Waals surface area contributed by atoms with Crippen molar-refractivity contribution < 1.29 is 0 Å². The van der Waals surface area contributed by atoms with Crippen molar-refractivity contribution in [3.8, 4) is 17.1 Å². The lowest BCUT2D eigenvalue weighted by molar-refractivity contribution is 0.953. The Kier molecular flexibility index (Phi) is 3.95. The van der Waals surface area contributed by atoms with Gasteiger partial charge < -0.3 is 0 Å². The lowest BCUT2D eigenvalue weighted by Crippen LogP contribution is -2.02. The molecule has 0 saturated carbocycles. The number of alkyl halides is 1. The number of para-hydroxylation sites is 1. The average Bonchev–Trinajstić information content (AvgIpc) is 2.94. The van der Waals surface area contributed by atoms with Gasteiger partial charge in [0.1, 0.15) is 0 Å². The minimum Gasteiger partial charge on any atom is -0.278 e. The predicted octanol–water partition coefficient (Wildman–Crippen LogP) is 4.63. The summed E-state index contributed by atoms with van der Waals surface area (Å²) < 4.78 is 1.96. The molecule has 21 heavy (non-hydrogen) atoms. The van der Waals surface area contributed by atoms with Crippen LogP contribution in [0.15, 0.2) is 48.5 Å². The van der Waals surface area contributed by atoms with E-state index >= 15 is 0 Å². The molecule has 106 valence electrons. The molecule has 0 bridgehead atoms. The maximum atomic E-state index is 6.12. The molecular formula is C16H13Cl2N3. The smallest absolute Gasteiger partial charge is 0.168 e. The molecule has 5 heteroatoms. The monoisotopic (exact) mass is 317 g/mol. The highest BCUT2D eigenvalue weighted by molar-refractivity contribution is 6.30. The maximum absolute atomic E-state index is 6.12. The van der Waals surface area contributed by atoms with E-state index in [-0.39, 0.29) is 0 Å². The van der Waals surface area contributed by atoms with Crippen LogP contribution < -0.4 is 0 Å². The summed E-state index contributed by atoms with van der Waals surface area (Å²) in [6.45, 7) is 2.02. The number of rotatable bonds is 3. The van der Waals surface area contributed by atoms with E-state index in [9.17, 15) is 0 Å². The van der Waals surface area contributed by atoms with Crippen LogP contribution in [0.25, 0.3) is 17.1 Å². The van der Waals surface area contributed by atoms with E-state index in [1.54, 1.807) is 0 Å². The zero-order valence-corrected chi connectivity index (χ0v) is 12.9. The van der Waals surface area contributed by atoms with Gasteiger partial charge in [0.15, 0.2) is 11.6 Å². The van der Waals surface area contributed by atoms with Gasteiger partial charge in [-0.25, -0.2) is 0 Å². The summed E-state index contributed by atoms with van der Waals surface area (Å²) in [6.07, 6.45) is 0. The van der Waals surface area contributed by atoms with Gasteiger partial charge in [-0.15, -0.1) is 21.8 Å². The first-order valence-electron chi connectivity index (χ1n) is 6.53. The van der Waals surface area contributed by atoms with E-state index in [1.165, 1.54) is 0 Å². The molecule has 0 radical (unpaired) electrons. The van der Waals surface area contributed by atoms with Gasteiger partial charge in [0.05, 0.1) is 5.88 Å². The summed E-state index contributed by atoms with van der Waals surface area (Å²) in [5.74, 6) is 1.75. The van der Waals surface area contributed by atoms with Crippen LogP contribution in [0.1, 0.15) is 11.4 Å². The second kappa shape index (κ2) is 5.88. The number of hydrogen-bond acceptors (Lipinski definition) is 2. The third-order valence-electron chi connectivity index (χ3n) is 3.30. The molecule has 2 aromatic carbocycles. The first-order chi connectivity index (χ1) is 10.2. The fraction of sp³-hybridized carbons (Fsp3) is 0.125. The highest BCUT2D eigenvalue weighted by Crippen LogP contribution is 2.28. The van der Waals surface area contributed by atoms with Gasteiger partial charge in [0.25, 0.3) is 0 Å². The average molecular weight is 318 g/mol.